The van der Waals surface area contributed by atoms with Gasteiger partial charge in [-0.05, 0) is 46.7 Å². The summed E-state index contributed by atoms with van der Waals surface area (Å²) in [5.41, 5.74) is 2.17. The molecule has 3 nitrogen and oxygen atoms in total. The molecule has 0 bridgehead atoms. The smallest absolute Gasteiger partial charge is 0.131 e. The van der Waals surface area contributed by atoms with Crippen LogP contribution in [0.15, 0.2) is 54.7 Å². The van der Waals surface area contributed by atoms with Gasteiger partial charge in [-0.3, -0.25) is 0 Å². The molecule has 0 spiro atoms. The van der Waals surface area contributed by atoms with Gasteiger partial charge < -0.3 is 10.1 Å². The molecule has 4 heteroatoms. The highest BCUT2D eigenvalue weighted by molar-refractivity contribution is 6.29. The van der Waals surface area contributed by atoms with Crippen LogP contribution in [0.1, 0.15) is 5.56 Å². The highest BCUT2D eigenvalue weighted by atomic mass is 35.5. The van der Waals surface area contributed by atoms with E-state index in [-0.39, 0.29) is 0 Å². The highest BCUT2D eigenvalue weighted by Gasteiger charge is 2.00. The van der Waals surface area contributed by atoms with Gasteiger partial charge in [0.25, 0.3) is 0 Å². The van der Waals surface area contributed by atoms with Crippen LogP contribution in [0.4, 0.5) is 5.69 Å². The Labute approximate surface area is 128 Å². The number of benzene rings is 2. The number of nitrogens with zero attached hydrogens (tertiary/aromatic N) is 1. The number of methoxy groups -OCH3 is 1. The zero-order valence-electron chi connectivity index (χ0n) is 11.6. The molecule has 1 aromatic heterocycles. The third-order valence-corrected chi connectivity index (χ3v) is 3.54. The maximum Gasteiger partial charge on any atom is 0.131 e. The molecule has 3 aromatic rings. The standard InChI is InChI=1S/C17H15ClN2O/c1-21-16-5-4-13-8-12(2-3-14(13)9-16)11-20-15-6-7-19-17(18)10-15/h2-10H,11H2,1H3,(H,19,20). The molecule has 0 radical (unpaired) electrons. The van der Waals surface area contributed by atoms with Gasteiger partial charge in [0.15, 0.2) is 0 Å². The normalized spacial score (nSPS) is 10.6. The summed E-state index contributed by atoms with van der Waals surface area (Å²) in [6, 6.07) is 16.2. The van der Waals surface area contributed by atoms with Crippen LogP contribution in [0, 0.1) is 0 Å². The van der Waals surface area contributed by atoms with Gasteiger partial charge in [0.1, 0.15) is 10.9 Å². The molecule has 3 rings (SSSR count). The average molecular weight is 299 g/mol. The molecular weight excluding hydrogens is 284 g/mol. The fourth-order valence-electron chi connectivity index (χ4n) is 2.23. The van der Waals surface area contributed by atoms with Gasteiger partial charge in [0.05, 0.1) is 7.11 Å². The number of anilines is 1. The summed E-state index contributed by atoms with van der Waals surface area (Å²) in [7, 11) is 1.68. The monoisotopic (exact) mass is 298 g/mol. The Morgan fingerprint density at radius 2 is 1.86 bits per heavy atom. The van der Waals surface area contributed by atoms with E-state index in [0.29, 0.717) is 5.15 Å². The minimum atomic E-state index is 0.491. The van der Waals surface area contributed by atoms with Crippen molar-refractivity contribution in [2.24, 2.45) is 0 Å². The Bertz CT molecular complexity index is 774. The molecule has 0 fully saturated rings. The van der Waals surface area contributed by atoms with E-state index in [1.165, 1.54) is 16.3 Å². The molecule has 2 aromatic carbocycles. The van der Waals surface area contributed by atoms with Crippen molar-refractivity contribution in [3.63, 3.8) is 0 Å². The van der Waals surface area contributed by atoms with E-state index >= 15 is 0 Å². The largest absolute Gasteiger partial charge is 0.497 e. The second-order valence-corrected chi connectivity index (χ2v) is 5.16. The van der Waals surface area contributed by atoms with Crippen LogP contribution >= 0.6 is 11.6 Å². The van der Waals surface area contributed by atoms with Gasteiger partial charge in [-0.2, -0.15) is 0 Å². The second kappa shape index (κ2) is 6.02. The summed E-state index contributed by atoms with van der Waals surface area (Å²) in [4.78, 5) is 3.97. The van der Waals surface area contributed by atoms with Gasteiger partial charge in [0.2, 0.25) is 0 Å². The second-order valence-electron chi connectivity index (χ2n) is 4.77. The summed E-state index contributed by atoms with van der Waals surface area (Å²) in [6.45, 7) is 0.738. The summed E-state index contributed by atoms with van der Waals surface area (Å²) in [5, 5.41) is 6.20. The Kier molecular flexibility index (Phi) is 3.93. The van der Waals surface area contributed by atoms with E-state index in [0.717, 1.165) is 18.0 Å². The molecule has 1 heterocycles. The summed E-state index contributed by atoms with van der Waals surface area (Å²) in [5.74, 6) is 0.875. The molecule has 0 unspecified atom stereocenters. The molecule has 0 aliphatic heterocycles. The van der Waals surface area contributed by atoms with E-state index in [1.54, 1.807) is 13.3 Å². The first-order valence-corrected chi connectivity index (χ1v) is 7.04. The van der Waals surface area contributed by atoms with Crippen LogP contribution in [0.25, 0.3) is 10.8 Å². The van der Waals surface area contributed by atoms with E-state index in [4.69, 9.17) is 16.3 Å². The quantitative estimate of drug-likeness (QED) is 0.720. The van der Waals surface area contributed by atoms with Gasteiger partial charge >= 0.3 is 0 Å². The van der Waals surface area contributed by atoms with Crippen LogP contribution in [0.2, 0.25) is 5.15 Å². The lowest BCUT2D eigenvalue weighted by atomic mass is 10.1. The predicted octanol–water partition coefficient (Wildman–Crippen LogP) is 4.51. The number of ether oxygens (including phenoxy) is 1. The number of rotatable bonds is 4. The van der Waals surface area contributed by atoms with Gasteiger partial charge in [-0.15, -0.1) is 0 Å². The number of hydrogen-bond acceptors (Lipinski definition) is 3. The maximum atomic E-state index is 5.87. The molecule has 1 N–H and O–H groups in total. The first kappa shape index (κ1) is 13.7. The van der Waals surface area contributed by atoms with E-state index < -0.39 is 0 Å². The highest BCUT2D eigenvalue weighted by Crippen LogP contribution is 2.22. The van der Waals surface area contributed by atoms with Crippen molar-refractivity contribution in [2.45, 2.75) is 6.54 Å². The predicted molar refractivity (Wildman–Crippen MR) is 87.1 cm³/mol. The number of pyridine rings is 1. The zero-order valence-corrected chi connectivity index (χ0v) is 12.4. The van der Waals surface area contributed by atoms with Gasteiger partial charge in [-0.1, -0.05) is 29.8 Å². The van der Waals surface area contributed by atoms with Crippen molar-refractivity contribution in [1.82, 2.24) is 4.98 Å². The fraction of sp³-hybridized carbons (Fsp3) is 0.118. The number of aromatic nitrogens is 1. The Morgan fingerprint density at radius 1 is 1.05 bits per heavy atom. The molecule has 106 valence electrons. The number of halogens is 1. The van der Waals surface area contributed by atoms with Crippen LogP contribution < -0.4 is 10.1 Å². The van der Waals surface area contributed by atoms with Crippen molar-refractivity contribution in [2.75, 3.05) is 12.4 Å². The number of fused-ring (bicyclic) bond motifs is 1. The van der Waals surface area contributed by atoms with Crippen molar-refractivity contribution in [3.05, 3.63) is 65.4 Å². The number of hydrogen-bond donors (Lipinski definition) is 1. The lowest BCUT2D eigenvalue weighted by molar-refractivity contribution is 0.415. The van der Waals surface area contributed by atoms with Crippen molar-refractivity contribution in [3.8, 4) is 5.75 Å². The topological polar surface area (TPSA) is 34.1 Å². The van der Waals surface area contributed by atoms with Crippen molar-refractivity contribution >= 4 is 28.1 Å². The Balaban J connectivity index is 1.78. The molecule has 0 saturated carbocycles. The summed E-state index contributed by atoms with van der Waals surface area (Å²) < 4.78 is 5.24. The van der Waals surface area contributed by atoms with Crippen LogP contribution in [-0.2, 0) is 6.54 Å². The van der Waals surface area contributed by atoms with E-state index in [1.807, 2.05) is 24.3 Å². The Morgan fingerprint density at radius 3 is 2.67 bits per heavy atom. The molecule has 0 atom stereocenters. The van der Waals surface area contributed by atoms with Gasteiger partial charge in [0, 0.05) is 18.4 Å². The SMILES string of the molecule is COc1ccc2cc(CNc3ccnc(Cl)c3)ccc2c1. The lowest BCUT2D eigenvalue weighted by Crippen LogP contribution is -1.99. The molecule has 0 aliphatic carbocycles. The van der Waals surface area contributed by atoms with E-state index in [2.05, 4.69) is 34.6 Å². The van der Waals surface area contributed by atoms with Gasteiger partial charge in [-0.25, -0.2) is 4.98 Å². The first-order chi connectivity index (χ1) is 10.2. The molecule has 0 saturated heterocycles. The zero-order chi connectivity index (χ0) is 14.7. The molecule has 21 heavy (non-hydrogen) atoms. The van der Waals surface area contributed by atoms with Crippen molar-refractivity contribution < 1.29 is 4.74 Å². The lowest BCUT2D eigenvalue weighted by Gasteiger charge is -2.08. The van der Waals surface area contributed by atoms with Crippen molar-refractivity contribution in [1.29, 1.82) is 0 Å². The summed E-state index contributed by atoms with van der Waals surface area (Å²) >= 11 is 5.87. The number of nitrogens with one attached hydrogen (secondary N) is 1. The van der Waals surface area contributed by atoms with Crippen LogP contribution in [-0.4, -0.2) is 12.1 Å². The molecule has 0 amide bonds. The Hall–Kier alpha value is -2.26. The summed E-state index contributed by atoms with van der Waals surface area (Å²) in [6.07, 6.45) is 1.69. The van der Waals surface area contributed by atoms with E-state index in [9.17, 15) is 0 Å². The third-order valence-electron chi connectivity index (χ3n) is 3.34. The third kappa shape index (κ3) is 3.26. The molecule has 0 aliphatic rings. The minimum Gasteiger partial charge on any atom is -0.497 e. The van der Waals surface area contributed by atoms with Crippen LogP contribution in [0.3, 0.4) is 0 Å². The average Bonchev–Trinajstić information content (AvgIpc) is 2.52. The first-order valence-electron chi connectivity index (χ1n) is 6.67. The fourth-order valence-corrected chi connectivity index (χ4v) is 2.40. The van der Waals surface area contributed by atoms with Crippen LogP contribution in [0.5, 0.6) is 5.75 Å². The minimum absolute atomic E-state index is 0.491. The maximum absolute atomic E-state index is 5.87. The molecular formula is C17H15ClN2O.